The van der Waals surface area contributed by atoms with Gasteiger partial charge in [-0.05, 0) is 44.4 Å². The van der Waals surface area contributed by atoms with E-state index in [0.29, 0.717) is 5.69 Å². The Morgan fingerprint density at radius 3 is 3.20 bits per heavy atom. The van der Waals surface area contributed by atoms with Gasteiger partial charge in [0.15, 0.2) is 0 Å². The van der Waals surface area contributed by atoms with E-state index in [0.717, 1.165) is 30.7 Å². The Balaban J connectivity index is 1.74. The number of nitrogens with zero attached hydrogens (tertiary/aromatic N) is 2. The molecule has 5 heteroatoms. The summed E-state index contributed by atoms with van der Waals surface area (Å²) in [5.74, 6) is -0.144. The summed E-state index contributed by atoms with van der Waals surface area (Å²) >= 11 is 0. The number of nitrogens with one attached hydrogen (secondary N) is 1. The second-order valence-corrected chi connectivity index (χ2v) is 5.41. The Bertz CT molecular complexity index is 629. The first kappa shape index (κ1) is 13.1. The highest BCUT2D eigenvalue weighted by molar-refractivity contribution is 5.93. The van der Waals surface area contributed by atoms with Crippen molar-refractivity contribution in [2.75, 3.05) is 6.61 Å². The predicted octanol–water partition coefficient (Wildman–Crippen LogP) is 1.94. The summed E-state index contributed by atoms with van der Waals surface area (Å²) in [6, 6.07) is 3.96. The monoisotopic (exact) mass is 273 g/mol. The molecule has 3 heterocycles. The molecule has 1 aliphatic heterocycles. The van der Waals surface area contributed by atoms with Gasteiger partial charge in [-0.15, -0.1) is 0 Å². The van der Waals surface area contributed by atoms with Crippen molar-refractivity contribution in [3.05, 3.63) is 35.8 Å². The SMILES string of the molecule is Cc1ccn2cc(C(=O)N[C@H](C)[C@@H]3CCCO3)nc2c1. The van der Waals surface area contributed by atoms with E-state index in [2.05, 4.69) is 10.3 Å². The molecule has 0 unspecified atom stereocenters. The van der Waals surface area contributed by atoms with Gasteiger partial charge >= 0.3 is 0 Å². The van der Waals surface area contributed by atoms with Crippen molar-refractivity contribution >= 4 is 11.6 Å². The molecular formula is C15H19N3O2. The van der Waals surface area contributed by atoms with Crippen LogP contribution in [0.1, 0.15) is 35.8 Å². The van der Waals surface area contributed by atoms with Crippen molar-refractivity contribution in [3.8, 4) is 0 Å². The third-order valence-electron chi connectivity index (χ3n) is 3.73. The van der Waals surface area contributed by atoms with Crippen molar-refractivity contribution in [1.29, 1.82) is 0 Å². The van der Waals surface area contributed by atoms with Gasteiger partial charge in [0.2, 0.25) is 0 Å². The molecule has 2 aromatic heterocycles. The number of aromatic nitrogens is 2. The minimum atomic E-state index is -0.144. The number of hydrogen-bond acceptors (Lipinski definition) is 3. The van der Waals surface area contributed by atoms with Crippen molar-refractivity contribution in [2.45, 2.75) is 38.8 Å². The van der Waals surface area contributed by atoms with Crippen LogP contribution in [0.15, 0.2) is 24.5 Å². The third kappa shape index (κ3) is 2.54. The minimum Gasteiger partial charge on any atom is -0.376 e. The second-order valence-electron chi connectivity index (χ2n) is 5.41. The predicted molar refractivity (Wildman–Crippen MR) is 75.8 cm³/mol. The number of pyridine rings is 1. The van der Waals surface area contributed by atoms with Crippen molar-refractivity contribution in [1.82, 2.24) is 14.7 Å². The van der Waals surface area contributed by atoms with Gasteiger partial charge in [-0.2, -0.15) is 0 Å². The highest BCUT2D eigenvalue weighted by Gasteiger charge is 2.24. The number of hydrogen-bond donors (Lipinski definition) is 1. The van der Waals surface area contributed by atoms with Gasteiger partial charge in [0, 0.05) is 19.0 Å². The van der Waals surface area contributed by atoms with Gasteiger partial charge in [0.25, 0.3) is 5.91 Å². The number of ether oxygens (including phenoxy) is 1. The number of rotatable bonds is 3. The van der Waals surface area contributed by atoms with Crippen LogP contribution in [0.4, 0.5) is 0 Å². The zero-order chi connectivity index (χ0) is 14.1. The van der Waals surface area contributed by atoms with Gasteiger partial charge in [0.05, 0.1) is 12.1 Å². The molecule has 0 aromatic carbocycles. The summed E-state index contributed by atoms with van der Waals surface area (Å²) in [6.07, 6.45) is 5.87. The van der Waals surface area contributed by atoms with Gasteiger partial charge in [-0.3, -0.25) is 4.79 Å². The number of fused-ring (bicyclic) bond motifs is 1. The van der Waals surface area contributed by atoms with Gasteiger partial charge in [-0.25, -0.2) is 4.98 Å². The van der Waals surface area contributed by atoms with E-state index in [-0.39, 0.29) is 18.1 Å². The maximum absolute atomic E-state index is 12.2. The van der Waals surface area contributed by atoms with Crippen LogP contribution in [0.5, 0.6) is 0 Å². The Labute approximate surface area is 118 Å². The number of aryl methyl sites for hydroxylation is 1. The molecule has 2 atom stereocenters. The van der Waals surface area contributed by atoms with Crippen molar-refractivity contribution in [3.63, 3.8) is 0 Å². The standard InChI is InChI=1S/C15H19N3O2/c1-10-5-6-18-9-12(17-14(18)8-10)15(19)16-11(2)13-4-3-7-20-13/h5-6,8-9,11,13H,3-4,7H2,1-2H3,(H,16,19)/t11-,13+/m1/s1. The molecule has 1 fully saturated rings. The molecule has 106 valence electrons. The molecular weight excluding hydrogens is 254 g/mol. The number of amides is 1. The van der Waals surface area contributed by atoms with E-state index < -0.39 is 0 Å². The van der Waals surface area contributed by atoms with E-state index in [1.807, 2.05) is 36.6 Å². The van der Waals surface area contributed by atoms with Crippen LogP contribution in [0.2, 0.25) is 0 Å². The lowest BCUT2D eigenvalue weighted by atomic mass is 10.1. The zero-order valence-corrected chi connectivity index (χ0v) is 11.8. The fourth-order valence-corrected chi connectivity index (χ4v) is 2.56. The number of carbonyl (C=O) groups excluding carboxylic acids is 1. The zero-order valence-electron chi connectivity index (χ0n) is 11.8. The molecule has 0 aliphatic carbocycles. The minimum absolute atomic E-state index is 0.0107. The molecule has 1 saturated heterocycles. The van der Waals surface area contributed by atoms with Crippen LogP contribution in [0.3, 0.4) is 0 Å². The van der Waals surface area contributed by atoms with Gasteiger partial charge < -0.3 is 14.5 Å². The normalized spacial score (nSPS) is 20.2. The van der Waals surface area contributed by atoms with Crippen LogP contribution in [0, 0.1) is 6.92 Å². The Kier molecular flexibility index (Phi) is 3.44. The fourth-order valence-electron chi connectivity index (χ4n) is 2.56. The molecule has 2 aromatic rings. The number of carbonyl (C=O) groups is 1. The summed E-state index contributed by atoms with van der Waals surface area (Å²) in [5, 5.41) is 2.97. The molecule has 1 aliphatic rings. The lowest BCUT2D eigenvalue weighted by Crippen LogP contribution is -2.40. The van der Waals surface area contributed by atoms with E-state index >= 15 is 0 Å². The molecule has 20 heavy (non-hydrogen) atoms. The fraction of sp³-hybridized carbons (Fsp3) is 0.467. The molecule has 0 bridgehead atoms. The van der Waals surface area contributed by atoms with Crippen LogP contribution in [0.25, 0.3) is 5.65 Å². The Morgan fingerprint density at radius 2 is 2.45 bits per heavy atom. The first-order chi connectivity index (χ1) is 9.63. The van der Waals surface area contributed by atoms with Crippen LogP contribution >= 0.6 is 0 Å². The molecule has 0 radical (unpaired) electrons. The first-order valence-corrected chi connectivity index (χ1v) is 7.01. The maximum atomic E-state index is 12.2. The van der Waals surface area contributed by atoms with Gasteiger partial charge in [0.1, 0.15) is 11.3 Å². The second kappa shape index (κ2) is 5.25. The lowest BCUT2D eigenvalue weighted by Gasteiger charge is -2.19. The van der Waals surface area contributed by atoms with Crippen LogP contribution < -0.4 is 5.32 Å². The van der Waals surface area contributed by atoms with E-state index in [4.69, 9.17) is 4.74 Å². The first-order valence-electron chi connectivity index (χ1n) is 7.01. The van der Waals surface area contributed by atoms with Crippen LogP contribution in [-0.4, -0.2) is 34.0 Å². The summed E-state index contributed by atoms with van der Waals surface area (Å²) in [7, 11) is 0. The van der Waals surface area contributed by atoms with Crippen molar-refractivity contribution in [2.24, 2.45) is 0 Å². The average molecular weight is 273 g/mol. The molecule has 5 nitrogen and oxygen atoms in total. The Morgan fingerprint density at radius 1 is 1.60 bits per heavy atom. The summed E-state index contributed by atoms with van der Waals surface area (Å²) in [6.45, 7) is 4.78. The third-order valence-corrected chi connectivity index (χ3v) is 3.73. The largest absolute Gasteiger partial charge is 0.376 e. The molecule has 1 N–H and O–H groups in total. The lowest BCUT2D eigenvalue weighted by molar-refractivity contribution is 0.0710. The highest BCUT2D eigenvalue weighted by atomic mass is 16.5. The number of imidazole rings is 1. The summed E-state index contributed by atoms with van der Waals surface area (Å²) < 4.78 is 7.45. The van der Waals surface area contributed by atoms with E-state index in [1.165, 1.54) is 0 Å². The van der Waals surface area contributed by atoms with E-state index in [1.54, 1.807) is 6.20 Å². The summed E-state index contributed by atoms with van der Waals surface area (Å²) in [5.41, 5.74) is 2.36. The maximum Gasteiger partial charge on any atom is 0.271 e. The average Bonchev–Trinajstić information content (AvgIpc) is 3.07. The molecule has 1 amide bonds. The highest BCUT2D eigenvalue weighted by Crippen LogP contribution is 2.16. The smallest absolute Gasteiger partial charge is 0.271 e. The van der Waals surface area contributed by atoms with Gasteiger partial charge in [-0.1, -0.05) is 0 Å². The molecule has 3 rings (SSSR count). The van der Waals surface area contributed by atoms with Crippen molar-refractivity contribution < 1.29 is 9.53 Å². The Hall–Kier alpha value is -1.88. The molecule has 0 saturated carbocycles. The molecule has 0 spiro atoms. The summed E-state index contributed by atoms with van der Waals surface area (Å²) in [4.78, 5) is 16.6. The quantitative estimate of drug-likeness (QED) is 0.929. The van der Waals surface area contributed by atoms with E-state index in [9.17, 15) is 4.79 Å². The topological polar surface area (TPSA) is 55.6 Å². The van der Waals surface area contributed by atoms with Crippen LogP contribution in [-0.2, 0) is 4.74 Å².